The Morgan fingerprint density at radius 2 is 2.29 bits per heavy atom. The van der Waals surface area contributed by atoms with Crippen LogP contribution in [0.25, 0.3) is 0 Å². The Balaban J connectivity index is 0.00000144. The summed E-state index contributed by atoms with van der Waals surface area (Å²) in [6, 6.07) is 0.341. The highest BCUT2D eigenvalue weighted by atomic mass is 35.5. The van der Waals surface area contributed by atoms with Crippen molar-refractivity contribution in [1.29, 1.82) is 0 Å². The molecule has 1 saturated heterocycles. The molecule has 0 bridgehead atoms. The van der Waals surface area contributed by atoms with Gasteiger partial charge in [0.15, 0.2) is 0 Å². The van der Waals surface area contributed by atoms with Crippen molar-refractivity contribution in [3.8, 4) is 0 Å². The van der Waals surface area contributed by atoms with Crippen LogP contribution in [-0.4, -0.2) is 29.0 Å². The summed E-state index contributed by atoms with van der Waals surface area (Å²) >= 11 is 1.79. The van der Waals surface area contributed by atoms with Gasteiger partial charge in [-0.05, 0) is 18.8 Å². The van der Waals surface area contributed by atoms with Crippen LogP contribution in [0.15, 0.2) is 5.38 Å². The SMILES string of the molecule is CCCc1nc(CN2CC(C)C(N)C2)cs1.Cl. The molecule has 2 atom stereocenters. The highest BCUT2D eigenvalue weighted by Gasteiger charge is 2.26. The molecule has 1 aliphatic heterocycles. The van der Waals surface area contributed by atoms with Gasteiger partial charge in [0.05, 0.1) is 10.7 Å². The fourth-order valence-corrected chi connectivity index (χ4v) is 3.09. The Bertz CT molecular complexity index is 332. The van der Waals surface area contributed by atoms with Crippen molar-refractivity contribution in [2.24, 2.45) is 11.7 Å². The monoisotopic (exact) mass is 275 g/mol. The Hall–Kier alpha value is -0.160. The highest BCUT2D eigenvalue weighted by Crippen LogP contribution is 2.19. The molecular weight excluding hydrogens is 254 g/mol. The molecule has 98 valence electrons. The van der Waals surface area contributed by atoms with Crippen LogP contribution < -0.4 is 5.73 Å². The second-order valence-electron chi connectivity index (χ2n) is 4.82. The molecule has 2 N–H and O–H groups in total. The van der Waals surface area contributed by atoms with Crippen molar-refractivity contribution in [2.45, 2.75) is 39.3 Å². The van der Waals surface area contributed by atoms with E-state index in [-0.39, 0.29) is 12.4 Å². The Labute approximate surface area is 114 Å². The molecular formula is C12H22ClN3S. The number of nitrogens with two attached hydrogens (primary N) is 1. The predicted octanol–water partition coefficient (Wildman–Crippen LogP) is 2.30. The third-order valence-corrected chi connectivity index (χ3v) is 4.15. The molecule has 3 nitrogen and oxygen atoms in total. The van der Waals surface area contributed by atoms with Gasteiger partial charge in [-0.15, -0.1) is 23.7 Å². The van der Waals surface area contributed by atoms with Gasteiger partial charge in [0.1, 0.15) is 0 Å². The number of hydrogen-bond donors (Lipinski definition) is 1. The third-order valence-electron chi connectivity index (χ3n) is 3.19. The van der Waals surface area contributed by atoms with Crippen molar-refractivity contribution in [1.82, 2.24) is 9.88 Å². The number of likely N-dealkylation sites (tertiary alicyclic amines) is 1. The number of aryl methyl sites for hydroxylation is 1. The Kier molecular flexibility index (Phi) is 5.86. The van der Waals surface area contributed by atoms with Gasteiger partial charge in [-0.3, -0.25) is 4.90 Å². The van der Waals surface area contributed by atoms with Gasteiger partial charge < -0.3 is 5.73 Å². The molecule has 0 saturated carbocycles. The van der Waals surface area contributed by atoms with Crippen LogP contribution in [0.2, 0.25) is 0 Å². The van der Waals surface area contributed by atoms with Crippen LogP contribution in [0, 0.1) is 5.92 Å². The predicted molar refractivity (Wildman–Crippen MR) is 75.8 cm³/mol. The lowest BCUT2D eigenvalue weighted by atomic mass is 10.1. The first kappa shape index (κ1) is 14.9. The van der Waals surface area contributed by atoms with Crippen LogP contribution in [-0.2, 0) is 13.0 Å². The number of thiazole rings is 1. The zero-order chi connectivity index (χ0) is 11.5. The molecule has 1 aliphatic rings. The fraction of sp³-hybridized carbons (Fsp3) is 0.750. The minimum Gasteiger partial charge on any atom is -0.326 e. The molecule has 0 aliphatic carbocycles. The van der Waals surface area contributed by atoms with Crippen LogP contribution in [0.3, 0.4) is 0 Å². The van der Waals surface area contributed by atoms with Gasteiger partial charge in [0.2, 0.25) is 0 Å². The van der Waals surface area contributed by atoms with Gasteiger partial charge in [-0.2, -0.15) is 0 Å². The van der Waals surface area contributed by atoms with E-state index in [1.54, 1.807) is 11.3 Å². The molecule has 1 aromatic rings. The topological polar surface area (TPSA) is 42.2 Å². The maximum Gasteiger partial charge on any atom is 0.0928 e. The Morgan fingerprint density at radius 1 is 1.53 bits per heavy atom. The molecule has 1 aromatic heterocycles. The lowest BCUT2D eigenvalue weighted by molar-refractivity contribution is 0.315. The Morgan fingerprint density at radius 3 is 2.88 bits per heavy atom. The van der Waals surface area contributed by atoms with E-state index < -0.39 is 0 Å². The molecule has 0 aromatic carbocycles. The number of rotatable bonds is 4. The van der Waals surface area contributed by atoms with Gasteiger partial charge in [0.25, 0.3) is 0 Å². The van der Waals surface area contributed by atoms with E-state index in [1.807, 2.05) is 0 Å². The third kappa shape index (κ3) is 3.91. The first-order valence-electron chi connectivity index (χ1n) is 6.10. The molecule has 0 spiro atoms. The summed E-state index contributed by atoms with van der Waals surface area (Å²) < 4.78 is 0. The van der Waals surface area contributed by atoms with Crippen molar-refractivity contribution >= 4 is 23.7 Å². The maximum atomic E-state index is 6.02. The highest BCUT2D eigenvalue weighted by molar-refractivity contribution is 7.09. The summed E-state index contributed by atoms with van der Waals surface area (Å²) in [5.41, 5.74) is 7.23. The lowest BCUT2D eigenvalue weighted by Gasteiger charge is -2.12. The zero-order valence-corrected chi connectivity index (χ0v) is 12.2. The first-order valence-corrected chi connectivity index (χ1v) is 6.98. The molecule has 0 radical (unpaired) electrons. The largest absolute Gasteiger partial charge is 0.326 e. The molecule has 2 heterocycles. The maximum absolute atomic E-state index is 6.02. The van der Waals surface area contributed by atoms with Crippen molar-refractivity contribution in [3.05, 3.63) is 16.1 Å². The number of aromatic nitrogens is 1. The van der Waals surface area contributed by atoms with Crippen molar-refractivity contribution in [2.75, 3.05) is 13.1 Å². The number of hydrogen-bond acceptors (Lipinski definition) is 4. The quantitative estimate of drug-likeness (QED) is 0.917. The smallest absolute Gasteiger partial charge is 0.0928 e. The molecule has 5 heteroatoms. The van der Waals surface area contributed by atoms with E-state index in [2.05, 4.69) is 29.1 Å². The number of nitrogens with zero attached hydrogens (tertiary/aromatic N) is 2. The first-order chi connectivity index (χ1) is 7.69. The molecule has 2 rings (SSSR count). The molecule has 17 heavy (non-hydrogen) atoms. The summed E-state index contributed by atoms with van der Waals surface area (Å²) in [4.78, 5) is 7.07. The standard InChI is InChI=1S/C12H21N3S.ClH/c1-3-4-12-14-10(8-16-12)6-15-5-9(2)11(13)7-15;/h8-9,11H,3-7,13H2,1-2H3;1H. The number of halogens is 1. The summed E-state index contributed by atoms with van der Waals surface area (Å²) in [6.45, 7) is 7.53. The minimum atomic E-state index is 0. The summed E-state index contributed by atoms with van der Waals surface area (Å²) in [7, 11) is 0. The van der Waals surface area contributed by atoms with E-state index in [9.17, 15) is 0 Å². The molecule has 2 unspecified atom stereocenters. The second-order valence-corrected chi connectivity index (χ2v) is 5.76. The molecule has 0 amide bonds. The van der Waals surface area contributed by atoms with Gasteiger partial charge in [-0.25, -0.2) is 4.98 Å². The fourth-order valence-electron chi connectivity index (χ4n) is 2.20. The van der Waals surface area contributed by atoms with Gasteiger partial charge in [-0.1, -0.05) is 13.8 Å². The summed E-state index contributed by atoms with van der Waals surface area (Å²) in [6.07, 6.45) is 2.29. The van der Waals surface area contributed by atoms with Crippen LogP contribution in [0.4, 0.5) is 0 Å². The van der Waals surface area contributed by atoms with Crippen LogP contribution in [0.5, 0.6) is 0 Å². The molecule has 1 fully saturated rings. The van der Waals surface area contributed by atoms with E-state index >= 15 is 0 Å². The average Bonchev–Trinajstić information content (AvgIpc) is 2.77. The van der Waals surface area contributed by atoms with E-state index in [4.69, 9.17) is 5.73 Å². The normalized spacial score (nSPS) is 24.9. The van der Waals surface area contributed by atoms with E-state index in [0.717, 1.165) is 26.1 Å². The van der Waals surface area contributed by atoms with Crippen molar-refractivity contribution in [3.63, 3.8) is 0 Å². The average molecular weight is 276 g/mol. The van der Waals surface area contributed by atoms with E-state index in [1.165, 1.54) is 17.1 Å². The van der Waals surface area contributed by atoms with Crippen LogP contribution in [0.1, 0.15) is 31.0 Å². The zero-order valence-electron chi connectivity index (χ0n) is 10.6. The summed E-state index contributed by atoms with van der Waals surface area (Å²) in [5, 5.41) is 3.47. The van der Waals surface area contributed by atoms with E-state index in [0.29, 0.717) is 12.0 Å². The summed E-state index contributed by atoms with van der Waals surface area (Å²) in [5.74, 6) is 0.619. The van der Waals surface area contributed by atoms with Gasteiger partial charge >= 0.3 is 0 Å². The lowest BCUT2D eigenvalue weighted by Crippen LogP contribution is -2.28. The minimum absolute atomic E-state index is 0. The second kappa shape index (κ2) is 6.69. The van der Waals surface area contributed by atoms with Gasteiger partial charge in [0, 0.05) is 31.1 Å². The van der Waals surface area contributed by atoms with Crippen LogP contribution >= 0.6 is 23.7 Å². The van der Waals surface area contributed by atoms with Crippen molar-refractivity contribution < 1.29 is 0 Å².